The Kier molecular flexibility index (Phi) is 5.15. The molecule has 1 aromatic carbocycles. The van der Waals surface area contributed by atoms with Crippen LogP contribution < -0.4 is 5.73 Å². The van der Waals surface area contributed by atoms with E-state index in [4.69, 9.17) is 15.9 Å². The molecule has 2 rings (SSSR count). The first-order valence-electron chi connectivity index (χ1n) is 7.26. The first-order valence-corrected chi connectivity index (χ1v) is 7.26. The van der Waals surface area contributed by atoms with E-state index in [-0.39, 0.29) is 5.84 Å². The van der Waals surface area contributed by atoms with Gasteiger partial charge in [-0.3, -0.25) is 5.41 Å². The molecule has 20 heavy (non-hydrogen) atoms. The third-order valence-corrected chi connectivity index (χ3v) is 4.00. The van der Waals surface area contributed by atoms with Crippen molar-refractivity contribution in [1.82, 2.24) is 4.90 Å². The lowest BCUT2D eigenvalue weighted by atomic mass is 9.99. The maximum Gasteiger partial charge on any atom is 0.122 e. The number of aryl methyl sites for hydroxylation is 1. The van der Waals surface area contributed by atoms with Crippen LogP contribution in [0.5, 0.6) is 0 Å². The lowest BCUT2D eigenvalue weighted by Gasteiger charge is -2.27. The van der Waals surface area contributed by atoms with Crippen molar-refractivity contribution in [3.05, 3.63) is 34.9 Å². The van der Waals surface area contributed by atoms with Crippen LogP contribution in [0.2, 0.25) is 0 Å². The Balaban J connectivity index is 1.93. The van der Waals surface area contributed by atoms with Gasteiger partial charge in [-0.2, -0.15) is 0 Å². The van der Waals surface area contributed by atoms with Gasteiger partial charge in [-0.1, -0.05) is 12.1 Å². The molecule has 0 aromatic heterocycles. The zero-order chi connectivity index (χ0) is 14.5. The molecule has 1 aliphatic rings. The van der Waals surface area contributed by atoms with Gasteiger partial charge in [-0.15, -0.1) is 0 Å². The van der Waals surface area contributed by atoms with Gasteiger partial charge < -0.3 is 15.4 Å². The summed E-state index contributed by atoms with van der Waals surface area (Å²) in [6.07, 6.45) is 2.35. The molecule has 4 nitrogen and oxygen atoms in total. The molecule has 1 heterocycles. The second-order valence-corrected chi connectivity index (χ2v) is 5.81. The van der Waals surface area contributed by atoms with Crippen molar-refractivity contribution >= 4 is 5.84 Å². The molecule has 0 aliphatic carbocycles. The van der Waals surface area contributed by atoms with E-state index in [1.807, 2.05) is 12.1 Å². The maximum atomic E-state index is 7.47. The normalized spacial score (nSPS) is 16.6. The van der Waals surface area contributed by atoms with E-state index in [0.29, 0.717) is 0 Å². The fourth-order valence-corrected chi connectivity index (χ4v) is 2.77. The zero-order valence-corrected chi connectivity index (χ0v) is 12.5. The predicted molar refractivity (Wildman–Crippen MR) is 82.1 cm³/mol. The minimum absolute atomic E-state index is 0.134. The highest BCUT2D eigenvalue weighted by Gasteiger charge is 2.16. The van der Waals surface area contributed by atoms with Gasteiger partial charge >= 0.3 is 0 Å². The largest absolute Gasteiger partial charge is 0.384 e. The summed E-state index contributed by atoms with van der Waals surface area (Å²) in [5, 5.41) is 7.47. The Morgan fingerprint density at radius 1 is 1.40 bits per heavy atom. The van der Waals surface area contributed by atoms with Crippen molar-refractivity contribution in [2.24, 2.45) is 11.7 Å². The van der Waals surface area contributed by atoms with Gasteiger partial charge in [0.25, 0.3) is 0 Å². The van der Waals surface area contributed by atoms with Crippen molar-refractivity contribution in [2.45, 2.75) is 26.3 Å². The molecule has 0 saturated carbocycles. The van der Waals surface area contributed by atoms with Gasteiger partial charge in [0.2, 0.25) is 0 Å². The quantitative estimate of drug-likeness (QED) is 0.639. The van der Waals surface area contributed by atoms with Gasteiger partial charge in [0.05, 0.1) is 0 Å². The smallest absolute Gasteiger partial charge is 0.122 e. The van der Waals surface area contributed by atoms with Crippen molar-refractivity contribution in [3.63, 3.8) is 0 Å². The molecule has 1 aromatic rings. The van der Waals surface area contributed by atoms with Crippen LogP contribution in [-0.4, -0.2) is 37.5 Å². The first-order chi connectivity index (χ1) is 9.56. The number of nitrogen functional groups attached to an aromatic ring is 1. The van der Waals surface area contributed by atoms with Crippen molar-refractivity contribution in [2.75, 3.05) is 26.8 Å². The van der Waals surface area contributed by atoms with Crippen LogP contribution in [0.4, 0.5) is 0 Å². The number of ether oxygens (including phenoxy) is 1. The van der Waals surface area contributed by atoms with Crippen LogP contribution in [0.25, 0.3) is 0 Å². The molecule has 4 heteroatoms. The lowest BCUT2D eigenvalue weighted by molar-refractivity contribution is 0.0549. The Bertz CT molecular complexity index is 467. The van der Waals surface area contributed by atoms with Crippen LogP contribution in [-0.2, 0) is 11.3 Å². The maximum absolute atomic E-state index is 7.47. The third kappa shape index (κ3) is 4.05. The van der Waals surface area contributed by atoms with E-state index in [1.54, 1.807) is 0 Å². The van der Waals surface area contributed by atoms with E-state index in [1.165, 1.54) is 24.0 Å². The van der Waals surface area contributed by atoms with Gasteiger partial charge in [0.1, 0.15) is 5.84 Å². The van der Waals surface area contributed by atoms with E-state index in [9.17, 15) is 0 Å². The molecule has 0 spiro atoms. The monoisotopic (exact) mass is 275 g/mol. The SMILES string of the molecule is Cc1cc(C(=N)N)ccc1CN(C)CC1CCOCC1. The molecule has 0 bridgehead atoms. The summed E-state index contributed by atoms with van der Waals surface area (Å²) in [4.78, 5) is 2.38. The van der Waals surface area contributed by atoms with Crippen molar-refractivity contribution in [1.29, 1.82) is 5.41 Å². The summed E-state index contributed by atoms with van der Waals surface area (Å²) >= 11 is 0. The van der Waals surface area contributed by atoms with E-state index in [2.05, 4.69) is 24.9 Å². The van der Waals surface area contributed by atoms with Gasteiger partial charge in [-0.05, 0) is 49.9 Å². The number of hydrogen-bond donors (Lipinski definition) is 2. The molecule has 0 unspecified atom stereocenters. The fraction of sp³-hybridized carbons (Fsp3) is 0.562. The molecule has 1 aliphatic heterocycles. The summed E-state index contributed by atoms with van der Waals surface area (Å²) in [6.45, 7) is 5.97. The Hall–Kier alpha value is -1.39. The van der Waals surface area contributed by atoms with Crippen LogP contribution in [0, 0.1) is 18.3 Å². The predicted octanol–water partition coefficient (Wildman–Crippen LogP) is 2.14. The highest BCUT2D eigenvalue weighted by atomic mass is 16.5. The van der Waals surface area contributed by atoms with Gasteiger partial charge in [0, 0.05) is 31.9 Å². The third-order valence-electron chi connectivity index (χ3n) is 4.00. The number of hydrogen-bond acceptors (Lipinski definition) is 3. The summed E-state index contributed by atoms with van der Waals surface area (Å²) in [6, 6.07) is 6.03. The minimum atomic E-state index is 0.134. The topological polar surface area (TPSA) is 62.3 Å². The molecule has 110 valence electrons. The minimum Gasteiger partial charge on any atom is -0.384 e. The van der Waals surface area contributed by atoms with Crippen molar-refractivity contribution in [3.8, 4) is 0 Å². The van der Waals surface area contributed by atoms with E-state index < -0.39 is 0 Å². The number of benzene rings is 1. The number of nitrogens with two attached hydrogens (primary N) is 1. The lowest BCUT2D eigenvalue weighted by Crippen LogP contribution is -2.29. The first kappa shape index (κ1) is 15.0. The van der Waals surface area contributed by atoms with Crippen LogP contribution in [0.1, 0.15) is 29.5 Å². The number of nitrogens with one attached hydrogen (secondary N) is 1. The second kappa shape index (κ2) is 6.86. The molecule has 3 N–H and O–H groups in total. The highest BCUT2D eigenvalue weighted by Crippen LogP contribution is 2.18. The summed E-state index contributed by atoms with van der Waals surface area (Å²) in [5.74, 6) is 0.890. The number of amidine groups is 1. The van der Waals surface area contributed by atoms with Crippen LogP contribution >= 0.6 is 0 Å². The number of nitrogens with zero attached hydrogens (tertiary/aromatic N) is 1. The number of rotatable bonds is 5. The fourth-order valence-electron chi connectivity index (χ4n) is 2.77. The second-order valence-electron chi connectivity index (χ2n) is 5.81. The van der Waals surface area contributed by atoms with E-state index >= 15 is 0 Å². The average Bonchev–Trinajstić information content (AvgIpc) is 2.42. The van der Waals surface area contributed by atoms with Crippen LogP contribution in [0.3, 0.4) is 0 Å². The standard InChI is InChI=1S/C16H25N3O/c1-12-9-14(16(17)18)3-4-15(12)11-19(2)10-13-5-7-20-8-6-13/h3-4,9,13H,5-8,10-11H2,1-2H3,(H3,17,18). The molecule has 0 amide bonds. The average molecular weight is 275 g/mol. The summed E-state index contributed by atoms with van der Waals surface area (Å²) in [7, 11) is 2.17. The molecule has 0 radical (unpaired) electrons. The molecule has 0 atom stereocenters. The highest BCUT2D eigenvalue weighted by molar-refractivity contribution is 5.95. The molecular formula is C16H25N3O. The Morgan fingerprint density at radius 3 is 2.70 bits per heavy atom. The van der Waals surface area contributed by atoms with Gasteiger partial charge in [-0.25, -0.2) is 0 Å². The Labute approximate surface area is 121 Å². The molecular weight excluding hydrogens is 250 g/mol. The zero-order valence-electron chi connectivity index (χ0n) is 12.5. The van der Waals surface area contributed by atoms with Crippen molar-refractivity contribution < 1.29 is 4.74 Å². The summed E-state index contributed by atoms with van der Waals surface area (Å²) in [5.41, 5.74) is 8.84. The van der Waals surface area contributed by atoms with E-state index in [0.717, 1.165) is 37.8 Å². The molecule has 1 fully saturated rings. The van der Waals surface area contributed by atoms with Crippen LogP contribution in [0.15, 0.2) is 18.2 Å². The van der Waals surface area contributed by atoms with Gasteiger partial charge in [0.15, 0.2) is 0 Å². The Morgan fingerprint density at radius 2 is 2.10 bits per heavy atom. The molecule has 1 saturated heterocycles. The summed E-state index contributed by atoms with van der Waals surface area (Å²) < 4.78 is 5.40.